The van der Waals surface area contributed by atoms with Crippen LogP contribution in [0.15, 0.2) is 66.6 Å². The maximum Gasteiger partial charge on any atom is 0.127 e. The summed E-state index contributed by atoms with van der Waals surface area (Å²) in [6.45, 7) is 0. The van der Waals surface area contributed by atoms with Crippen molar-refractivity contribution in [3.63, 3.8) is 0 Å². The third-order valence-electron chi connectivity index (χ3n) is 4.57. The number of pyridine rings is 1. The van der Waals surface area contributed by atoms with Crippen LogP contribution in [0.3, 0.4) is 0 Å². The average molecular weight is 357 g/mol. The first-order valence-corrected chi connectivity index (χ1v) is 9.15. The molecular formula is C20H15N5S. The van der Waals surface area contributed by atoms with E-state index in [1.165, 1.54) is 5.39 Å². The fourth-order valence-corrected chi connectivity index (χ4v) is 4.19. The number of nitrogens with two attached hydrogens (primary N) is 1. The van der Waals surface area contributed by atoms with Gasteiger partial charge in [0.1, 0.15) is 11.2 Å². The molecule has 0 spiro atoms. The Kier molecular flexibility index (Phi) is 3.51. The molecule has 3 N–H and O–H groups in total. The molecule has 5 nitrogen and oxygen atoms in total. The van der Waals surface area contributed by atoms with Crippen LogP contribution in [0, 0.1) is 0 Å². The third-order valence-corrected chi connectivity index (χ3v) is 5.45. The summed E-state index contributed by atoms with van der Waals surface area (Å²) in [5.74, 6) is 0. The summed E-state index contributed by atoms with van der Waals surface area (Å²) in [5, 5.41) is 4.31. The van der Waals surface area contributed by atoms with Gasteiger partial charge in [-0.25, -0.2) is 9.97 Å². The number of thiophene rings is 1. The Balaban J connectivity index is 1.72. The number of nitrogens with one attached hydrogen (secondary N) is 1. The lowest BCUT2D eigenvalue weighted by Crippen LogP contribution is -2.15. The van der Waals surface area contributed by atoms with Crippen LogP contribution in [0.5, 0.6) is 0 Å². The van der Waals surface area contributed by atoms with E-state index in [1.54, 1.807) is 23.9 Å². The third kappa shape index (κ3) is 2.39. The monoisotopic (exact) mass is 357 g/mol. The van der Waals surface area contributed by atoms with Crippen LogP contribution in [0.2, 0.25) is 0 Å². The highest BCUT2D eigenvalue weighted by molar-refractivity contribution is 7.17. The second-order valence-corrected chi connectivity index (χ2v) is 6.96. The van der Waals surface area contributed by atoms with E-state index >= 15 is 0 Å². The summed E-state index contributed by atoms with van der Waals surface area (Å²) in [5.41, 5.74) is 11.4. The number of H-pyrrole nitrogens is 1. The zero-order valence-electron chi connectivity index (χ0n) is 13.8. The van der Waals surface area contributed by atoms with Crippen LogP contribution in [-0.2, 0) is 0 Å². The van der Waals surface area contributed by atoms with Gasteiger partial charge in [0.05, 0.1) is 17.4 Å². The molecule has 0 saturated carbocycles. The lowest BCUT2D eigenvalue weighted by Gasteiger charge is -2.12. The fraction of sp³-hybridized carbons (Fsp3) is 0.0500. The highest BCUT2D eigenvalue weighted by Gasteiger charge is 2.20. The van der Waals surface area contributed by atoms with Crippen LogP contribution in [0.1, 0.15) is 17.4 Å². The van der Waals surface area contributed by atoms with E-state index in [0.29, 0.717) is 0 Å². The van der Waals surface area contributed by atoms with Gasteiger partial charge in [-0.05, 0) is 35.2 Å². The minimum absolute atomic E-state index is 0.399. The van der Waals surface area contributed by atoms with Crippen molar-refractivity contribution in [1.29, 1.82) is 0 Å². The van der Waals surface area contributed by atoms with Crippen molar-refractivity contribution in [2.45, 2.75) is 6.04 Å². The van der Waals surface area contributed by atoms with Gasteiger partial charge in [-0.3, -0.25) is 4.98 Å². The largest absolute Gasteiger partial charge is 0.361 e. The molecule has 0 radical (unpaired) electrons. The van der Waals surface area contributed by atoms with Crippen molar-refractivity contribution < 1.29 is 0 Å². The molecule has 0 fully saturated rings. The number of aromatic nitrogens is 4. The highest BCUT2D eigenvalue weighted by atomic mass is 32.1. The van der Waals surface area contributed by atoms with Gasteiger partial charge in [-0.1, -0.05) is 18.2 Å². The summed E-state index contributed by atoms with van der Waals surface area (Å²) < 4.78 is 0. The minimum atomic E-state index is -0.399. The molecule has 0 aliphatic rings. The van der Waals surface area contributed by atoms with Crippen LogP contribution >= 0.6 is 11.3 Å². The molecule has 5 aromatic rings. The summed E-state index contributed by atoms with van der Waals surface area (Å²) in [4.78, 5) is 17.6. The maximum absolute atomic E-state index is 6.51. The minimum Gasteiger partial charge on any atom is -0.361 e. The van der Waals surface area contributed by atoms with E-state index in [1.807, 2.05) is 24.4 Å². The van der Waals surface area contributed by atoms with Crippen molar-refractivity contribution in [3.8, 4) is 11.1 Å². The first kappa shape index (κ1) is 15.2. The Morgan fingerprint density at radius 1 is 1.04 bits per heavy atom. The predicted octanol–water partition coefficient (Wildman–Crippen LogP) is 4.28. The first-order chi connectivity index (χ1) is 12.8. The smallest absolute Gasteiger partial charge is 0.127 e. The molecule has 4 heterocycles. The summed E-state index contributed by atoms with van der Waals surface area (Å²) in [7, 11) is 0. The number of nitrogens with zero attached hydrogens (tertiary/aromatic N) is 3. The van der Waals surface area contributed by atoms with Crippen molar-refractivity contribution >= 4 is 32.5 Å². The molecule has 1 aromatic carbocycles. The topological polar surface area (TPSA) is 80.5 Å². The van der Waals surface area contributed by atoms with Crippen molar-refractivity contribution in [1.82, 2.24) is 19.9 Å². The van der Waals surface area contributed by atoms with Crippen LogP contribution < -0.4 is 5.73 Å². The van der Waals surface area contributed by atoms with Gasteiger partial charge in [0.2, 0.25) is 0 Å². The lowest BCUT2D eigenvalue weighted by atomic mass is 10.00. The Hall–Kier alpha value is -3.09. The summed E-state index contributed by atoms with van der Waals surface area (Å²) >= 11 is 1.61. The van der Waals surface area contributed by atoms with E-state index in [0.717, 1.165) is 38.2 Å². The van der Waals surface area contributed by atoms with Gasteiger partial charge >= 0.3 is 0 Å². The molecule has 0 amide bonds. The highest BCUT2D eigenvalue weighted by Crippen LogP contribution is 2.37. The lowest BCUT2D eigenvalue weighted by molar-refractivity contribution is 0.800. The second-order valence-electron chi connectivity index (χ2n) is 6.10. The molecule has 26 heavy (non-hydrogen) atoms. The van der Waals surface area contributed by atoms with E-state index in [9.17, 15) is 0 Å². The van der Waals surface area contributed by atoms with E-state index in [4.69, 9.17) is 5.73 Å². The Bertz CT molecular complexity index is 1210. The van der Waals surface area contributed by atoms with Gasteiger partial charge in [-0.2, -0.15) is 0 Å². The molecule has 1 atom stereocenters. The van der Waals surface area contributed by atoms with Crippen LogP contribution in [-0.4, -0.2) is 19.9 Å². The summed E-state index contributed by atoms with van der Waals surface area (Å²) in [6, 6.07) is 13.8. The Morgan fingerprint density at radius 2 is 2.00 bits per heavy atom. The maximum atomic E-state index is 6.51. The predicted molar refractivity (Wildman–Crippen MR) is 105 cm³/mol. The molecule has 0 aliphatic carbocycles. The van der Waals surface area contributed by atoms with Gasteiger partial charge in [0.15, 0.2) is 0 Å². The zero-order chi connectivity index (χ0) is 17.5. The molecule has 126 valence electrons. The molecule has 0 bridgehead atoms. The molecule has 0 aliphatic heterocycles. The van der Waals surface area contributed by atoms with Crippen molar-refractivity contribution in [2.24, 2.45) is 5.73 Å². The normalized spacial score (nSPS) is 12.7. The van der Waals surface area contributed by atoms with Gasteiger partial charge in [-0.15, -0.1) is 11.3 Å². The van der Waals surface area contributed by atoms with Crippen LogP contribution in [0.4, 0.5) is 0 Å². The van der Waals surface area contributed by atoms with Gasteiger partial charge < -0.3 is 10.7 Å². The van der Waals surface area contributed by atoms with Gasteiger partial charge in [0.25, 0.3) is 0 Å². The Morgan fingerprint density at radius 3 is 2.88 bits per heavy atom. The molecule has 6 heteroatoms. The number of benzene rings is 1. The van der Waals surface area contributed by atoms with Gasteiger partial charge in [0, 0.05) is 34.2 Å². The molecular weight excluding hydrogens is 342 g/mol. The van der Waals surface area contributed by atoms with E-state index < -0.39 is 6.04 Å². The molecule has 1 unspecified atom stereocenters. The van der Waals surface area contributed by atoms with Crippen molar-refractivity contribution in [3.05, 3.63) is 78.0 Å². The fourth-order valence-electron chi connectivity index (χ4n) is 3.26. The number of hydrogen-bond donors (Lipinski definition) is 2. The first-order valence-electron chi connectivity index (χ1n) is 8.27. The van der Waals surface area contributed by atoms with E-state index in [2.05, 4.69) is 49.6 Å². The second kappa shape index (κ2) is 6.01. The average Bonchev–Trinajstić information content (AvgIpc) is 3.34. The number of hydrogen-bond acceptors (Lipinski definition) is 5. The molecule has 5 rings (SSSR count). The SMILES string of the molecule is NC(c1ccccn1)c1ncnc2scc(-c3ccc4cc[nH]c4c3)c12. The number of aromatic amines is 1. The quantitative estimate of drug-likeness (QED) is 0.505. The Labute approximate surface area is 153 Å². The van der Waals surface area contributed by atoms with E-state index in [-0.39, 0.29) is 0 Å². The molecule has 0 saturated heterocycles. The number of rotatable bonds is 3. The standard InChI is InChI=1S/C20H15N5S/c21-18(15-3-1-2-7-22-15)19-17-14(10-26-20(17)25-11-24-19)13-5-4-12-6-8-23-16(12)9-13/h1-11,18,23H,21H2. The molecule has 4 aromatic heterocycles. The van der Waals surface area contributed by atoms with Crippen LogP contribution in [0.25, 0.3) is 32.2 Å². The zero-order valence-corrected chi connectivity index (χ0v) is 14.6. The number of fused-ring (bicyclic) bond motifs is 2. The summed E-state index contributed by atoms with van der Waals surface area (Å²) in [6.07, 6.45) is 5.28. The van der Waals surface area contributed by atoms with Crippen molar-refractivity contribution in [2.75, 3.05) is 0 Å².